The predicted molar refractivity (Wildman–Crippen MR) is 65.2 cm³/mol. The number of sulfonamides is 1. The molecule has 2 heterocycles. The van der Waals surface area contributed by atoms with Gasteiger partial charge in [-0.05, 0) is 6.92 Å². The molecule has 0 saturated carbocycles. The van der Waals surface area contributed by atoms with E-state index < -0.39 is 10.0 Å². The van der Waals surface area contributed by atoms with Crippen LogP contribution < -0.4 is 10.5 Å². The van der Waals surface area contributed by atoms with E-state index in [4.69, 9.17) is 5.73 Å². The van der Waals surface area contributed by atoms with Crippen molar-refractivity contribution in [2.45, 2.75) is 18.5 Å². The Hall–Kier alpha value is -1.87. The zero-order valence-corrected chi connectivity index (χ0v) is 10.8. The molecule has 18 heavy (non-hydrogen) atoms. The lowest BCUT2D eigenvalue weighted by Gasteiger charge is -2.04. The van der Waals surface area contributed by atoms with Crippen molar-refractivity contribution in [2.24, 2.45) is 12.8 Å². The van der Waals surface area contributed by atoms with Gasteiger partial charge >= 0.3 is 0 Å². The van der Waals surface area contributed by atoms with Crippen LogP contribution in [0.4, 0.5) is 5.69 Å². The maximum atomic E-state index is 12.1. The fourth-order valence-corrected chi connectivity index (χ4v) is 2.81. The molecule has 0 unspecified atom stereocenters. The Bertz CT molecular complexity index is 656. The van der Waals surface area contributed by atoms with Crippen molar-refractivity contribution in [3.05, 3.63) is 23.7 Å². The van der Waals surface area contributed by atoms with Crippen LogP contribution in [0.5, 0.6) is 0 Å². The number of nitrogens with zero attached hydrogens (tertiary/aromatic N) is 3. The summed E-state index contributed by atoms with van der Waals surface area (Å²) in [5.74, 6) is 0. The first-order valence-corrected chi connectivity index (χ1v) is 6.67. The van der Waals surface area contributed by atoms with E-state index in [0.29, 0.717) is 16.9 Å². The highest BCUT2D eigenvalue weighted by Crippen LogP contribution is 2.18. The van der Waals surface area contributed by atoms with Gasteiger partial charge in [0, 0.05) is 31.0 Å². The fourth-order valence-electron chi connectivity index (χ4n) is 1.57. The third-order valence-corrected chi connectivity index (χ3v) is 3.80. The van der Waals surface area contributed by atoms with Crippen LogP contribution in [0.2, 0.25) is 0 Å². The second kappa shape index (κ2) is 4.42. The van der Waals surface area contributed by atoms with E-state index in [9.17, 15) is 8.42 Å². The Kier molecular flexibility index (Phi) is 3.09. The first kappa shape index (κ1) is 12.6. The summed E-state index contributed by atoms with van der Waals surface area (Å²) in [6.07, 6.45) is 2.97. The zero-order chi connectivity index (χ0) is 13.3. The molecule has 0 aliphatic rings. The molecule has 0 amide bonds. The SMILES string of the molecule is Cc1[nH]nc(S(=O)(=O)Nc2cnn(C)c2)c1CN. The van der Waals surface area contributed by atoms with Gasteiger partial charge in [-0.1, -0.05) is 0 Å². The molecule has 0 saturated heterocycles. The van der Waals surface area contributed by atoms with Crippen molar-refractivity contribution < 1.29 is 8.42 Å². The van der Waals surface area contributed by atoms with Crippen LogP contribution in [-0.2, 0) is 23.6 Å². The van der Waals surface area contributed by atoms with Crippen LogP contribution in [0, 0.1) is 6.92 Å². The molecule has 98 valence electrons. The highest BCUT2D eigenvalue weighted by Gasteiger charge is 2.23. The maximum Gasteiger partial charge on any atom is 0.281 e. The molecule has 0 fully saturated rings. The number of aromatic nitrogens is 4. The minimum atomic E-state index is -3.75. The number of aromatic amines is 1. The molecule has 8 nitrogen and oxygen atoms in total. The maximum absolute atomic E-state index is 12.1. The van der Waals surface area contributed by atoms with E-state index >= 15 is 0 Å². The Morgan fingerprint density at radius 3 is 2.83 bits per heavy atom. The number of nitrogens with two attached hydrogens (primary N) is 1. The van der Waals surface area contributed by atoms with Crippen molar-refractivity contribution in [2.75, 3.05) is 4.72 Å². The number of anilines is 1. The molecule has 9 heteroatoms. The number of nitrogens with one attached hydrogen (secondary N) is 2. The summed E-state index contributed by atoms with van der Waals surface area (Å²) in [6.45, 7) is 1.82. The minimum absolute atomic E-state index is 0.0775. The fraction of sp³-hybridized carbons (Fsp3) is 0.333. The number of aryl methyl sites for hydroxylation is 2. The van der Waals surface area contributed by atoms with Crippen LogP contribution in [0.3, 0.4) is 0 Å². The summed E-state index contributed by atoms with van der Waals surface area (Å²) < 4.78 is 28.1. The van der Waals surface area contributed by atoms with Gasteiger partial charge in [0.2, 0.25) is 5.03 Å². The quantitative estimate of drug-likeness (QED) is 0.705. The first-order valence-electron chi connectivity index (χ1n) is 5.19. The molecule has 4 N–H and O–H groups in total. The van der Waals surface area contributed by atoms with Crippen LogP contribution in [0.1, 0.15) is 11.3 Å². The van der Waals surface area contributed by atoms with E-state index in [-0.39, 0.29) is 11.6 Å². The van der Waals surface area contributed by atoms with Gasteiger partial charge in [-0.25, -0.2) is 0 Å². The molecule has 0 aromatic carbocycles. The van der Waals surface area contributed by atoms with E-state index in [2.05, 4.69) is 20.0 Å². The van der Waals surface area contributed by atoms with Gasteiger partial charge in [0.25, 0.3) is 10.0 Å². The average Bonchev–Trinajstić information content (AvgIpc) is 2.84. The molecular weight excluding hydrogens is 256 g/mol. The molecule has 0 atom stereocenters. The van der Waals surface area contributed by atoms with E-state index in [1.54, 1.807) is 20.2 Å². The smallest absolute Gasteiger partial charge is 0.281 e. The molecule has 0 bridgehead atoms. The van der Waals surface area contributed by atoms with Gasteiger partial charge in [0.05, 0.1) is 11.9 Å². The molecule has 2 aromatic heterocycles. The van der Waals surface area contributed by atoms with Crippen LogP contribution in [0.15, 0.2) is 17.4 Å². The second-order valence-corrected chi connectivity index (χ2v) is 5.44. The van der Waals surface area contributed by atoms with Gasteiger partial charge in [0.1, 0.15) is 0 Å². The van der Waals surface area contributed by atoms with E-state index in [0.717, 1.165) is 0 Å². The van der Waals surface area contributed by atoms with Crippen molar-refractivity contribution >= 4 is 15.7 Å². The molecule has 0 radical (unpaired) electrons. The average molecular weight is 270 g/mol. The summed E-state index contributed by atoms with van der Waals surface area (Å²) in [6, 6.07) is 0. The predicted octanol–water partition coefficient (Wildman–Crippen LogP) is -0.289. The Balaban J connectivity index is 2.36. The summed E-state index contributed by atoms with van der Waals surface area (Å²) in [7, 11) is -2.05. The lowest BCUT2D eigenvalue weighted by atomic mass is 10.3. The molecule has 2 aromatic rings. The lowest BCUT2D eigenvalue weighted by Crippen LogP contribution is -2.16. The van der Waals surface area contributed by atoms with Gasteiger partial charge < -0.3 is 5.73 Å². The van der Waals surface area contributed by atoms with Gasteiger partial charge in [-0.3, -0.25) is 14.5 Å². The van der Waals surface area contributed by atoms with Crippen molar-refractivity contribution in [1.29, 1.82) is 0 Å². The number of hydrogen-bond donors (Lipinski definition) is 3. The van der Waals surface area contributed by atoms with Crippen LogP contribution >= 0.6 is 0 Å². The van der Waals surface area contributed by atoms with Crippen molar-refractivity contribution in [3.63, 3.8) is 0 Å². The van der Waals surface area contributed by atoms with Crippen LogP contribution in [0.25, 0.3) is 0 Å². The van der Waals surface area contributed by atoms with E-state index in [1.165, 1.54) is 10.9 Å². The molecule has 0 aliphatic carbocycles. The number of rotatable bonds is 4. The summed E-state index contributed by atoms with van der Waals surface area (Å²) >= 11 is 0. The lowest BCUT2D eigenvalue weighted by molar-refractivity contribution is 0.596. The Labute approximate surface area is 104 Å². The molecule has 2 rings (SSSR count). The zero-order valence-electron chi connectivity index (χ0n) is 10.0. The monoisotopic (exact) mass is 270 g/mol. The highest BCUT2D eigenvalue weighted by atomic mass is 32.2. The van der Waals surface area contributed by atoms with Gasteiger partial charge in [0.15, 0.2) is 0 Å². The second-order valence-electron chi connectivity index (χ2n) is 3.84. The van der Waals surface area contributed by atoms with E-state index in [1.807, 2.05) is 0 Å². The largest absolute Gasteiger partial charge is 0.326 e. The number of H-pyrrole nitrogens is 1. The summed E-state index contributed by atoms with van der Waals surface area (Å²) in [4.78, 5) is 0. The Morgan fingerprint density at radius 2 is 2.28 bits per heavy atom. The first-order chi connectivity index (χ1) is 8.44. The molecule has 0 spiro atoms. The third kappa shape index (κ3) is 2.22. The molecule has 0 aliphatic heterocycles. The highest BCUT2D eigenvalue weighted by molar-refractivity contribution is 7.92. The summed E-state index contributed by atoms with van der Waals surface area (Å²) in [5, 5.41) is 10.2. The Morgan fingerprint density at radius 1 is 1.56 bits per heavy atom. The number of hydrogen-bond acceptors (Lipinski definition) is 5. The van der Waals surface area contributed by atoms with Gasteiger partial charge in [-0.2, -0.15) is 18.6 Å². The van der Waals surface area contributed by atoms with Crippen molar-refractivity contribution in [1.82, 2.24) is 20.0 Å². The molecular formula is C9H14N6O2S. The van der Waals surface area contributed by atoms with Crippen molar-refractivity contribution in [3.8, 4) is 0 Å². The van der Waals surface area contributed by atoms with Gasteiger partial charge in [-0.15, -0.1) is 0 Å². The minimum Gasteiger partial charge on any atom is -0.326 e. The summed E-state index contributed by atoms with van der Waals surface area (Å²) in [5.41, 5.74) is 7.02. The van der Waals surface area contributed by atoms with Crippen LogP contribution in [-0.4, -0.2) is 28.4 Å². The normalized spacial score (nSPS) is 11.7. The topological polar surface area (TPSA) is 119 Å². The third-order valence-electron chi connectivity index (χ3n) is 2.45. The standard InChI is InChI=1S/C9H14N6O2S/c1-6-8(3-10)9(13-12-6)18(16,17)14-7-4-11-15(2)5-7/h4-5,14H,3,10H2,1-2H3,(H,12,13).